The molecule has 5 nitrogen and oxygen atoms in total. The van der Waals surface area contributed by atoms with Crippen molar-refractivity contribution < 1.29 is 9.94 Å². The summed E-state index contributed by atoms with van der Waals surface area (Å²) in [6.07, 6.45) is 3.09. The van der Waals surface area contributed by atoms with Gasteiger partial charge in [-0.2, -0.15) is 0 Å². The summed E-state index contributed by atoms with van der Waals surface area (Å²) >= 11 is 0. The zero-order valence-corrected chi connectivity index (χ0v) is 9.35. The standard InChI is InChI=1S/C10H21N3O2/c1-15-8-9-3-2-5-13(7-9)6-4-10(11)12-14/h9,14H,2-8H2,1H3,(H2,11,12). The summed E-state index contributed by atoms with van der Waals surface area (Å²) in [5.74, 6) is 0.944. The van der Waals surface area contributed by atoms with Crippen molar-refractivity contribution in [3.8, 4) is 0 Å². The van der Waals surface area contributed by atoms with Crippen LogP contribution in [0, 0.1) is 5.92 Å². The number of hydrogen-bond donors (Lipinski definition) is 2. The fourth-order valence-corrected chi connectivity index (χ4v) is 2.05. The molecule has 3 N–H and O–H groups in total. The van der Waals surface area contributed by atoms with E-state index in [0.717, 1.165) is 26.2 Å². The van der Waals surface area contributed by atoms with Gasteiger partial charge in [-0.25, -0.2) is 0 Å². The van der Waals surface area contributed by atoms with Crippen LogP contribution in [-0.4, -0.2) is 49.3 Å². The highest BCUT2D eigenvalue weighted by atomic mass is 16.5. The molecule has 88 valence electrons. The van der Waals surface area contributed by atoms with Crippen molar-refractivity contribution in [1.29, 1.82) is 0 Å². The first-order valence-electron chi connectivity index (χ1n) is 5.44. The molecule has 1 rings (SSSR count). The van der Waals surface area contributed by atoms with Crippen LogP contribution in [0.25, 0.3) is 0 Å². The highest BCUT2D eigenvalue weighted by molar-refractivity contribution is 5.79. The minimum Gasteiger partial charge on any atom is -0.409 e. The van der Waals surface area contributed by atoms with Crippen LogP contribution in [0.15, 0.2) is 5.16 Å². The number of hydrogen-bond acceptors (Lipinski definition) is 4. The lowest BCUT2D eigenvalue weighted by molar-refractivity contribution is 0.0919. The van der Waals surface area contributed by atoms with Gasteiger partial charge in [0.15, 0.2) is 0 Å². The maximum absolute atomic E-state index is 8.42. The molecular weight excluding hydrogens is 194 g/mol. The van der Waals surface area contributed by atoms with E-state index in [1.807, 2.05) is 0 Å². The van der Waals surface area contributed by atoms with E-state index >= 15 is 0 Å². The first-order chi connectivity index (χ1) is 7.26. The Kier molecular flexibility index (Phi) is 5.42. The predicted molar refractivity (Wildman–Crippen MR) is 59.1 cm³/mol. The van der Waals surface area contributed by atoms with Crippen molar-refractivity contribution >= 4 is 5.84 Å². The molecule has 0 radical (unpaired) electrons. The Morgan fingerprint density at radius 1 is 1.67 bits per heavy atom. The number of rotatable bonds is 5. The fraction of sp³-hybridized carbons (Fsp3) is 0.900. The van der Waals surface area contributed by atoms with Crippen LogP contribution in [0.1, 0.15) is 19.3 Å². The second-order valence-corrected chi connectivity index (χ2v) is 4.11. The number of likely N-dealkylation sites (tertiary alicyclic amines) is 1. The molecule has 1 aliphatic heterocycles. The normalized spacial score (nSPS) is 24.3. The monoisotopic (exact) mass is 215 g/mol. The lowest BCUT2D eigenvalue weighted by Crippen LogP contribution is -2.38. The van der Waals surface area contributed by atoms with Crippen LogP contribution in [-0.2, 0) is 4.74 Å². The SMILES string of the molecule is COCC1CCCN(CCC(N)=NO)C1. The van der Waals surface area contributed by atoms with E-state index < -0.39 is 0 Å². The molecule has 0 aromatic carbocycles. The van der Waals surface area contributed by atoms with Crippen molar-refractivity contribution in [2.75, 3.05) is 33.4 Å². The highest BCUT2D eigenvalue weighted by Gasteiger charge is 2.19. The Balaban J connectivity index is 2.24. The minimum absolute atomic E-state index is 0.309. The van der Waals surface area contributed by atoms with E-state index in [4.69, 9.17) is 15.7 Å². The smallest absolute Gasteiger partial charge is 0.140 e. The first kappa shape index (κ1) is 12.3. The largest absolute Gasteiger partial charge is 0.409 e. The maximum Gasteiger partial charge on any atom is 0.140 e. The van der Waals surface area contributed by atoms with Crippen molar-refractivity contribution in [3.05, 3.63) is 0 Å². The summed E-state index contributed by atoms with van der Waals surface area (Å²) in [6, 6.07) is 0. The van der Waals surface area contributed by atoms with Gasteiger partial charge in [0.25, 0.3) is 0 Å². The van der Waals surface area contributed by atoms with Crippen molar-refractivity contribution in [1.82, 2.24) is 4.90 Å². The lowest BCUT2D eigenvalue weighted by atomic mass is 9.99. The first-order valence-corrected chi connectivity index (χ1v) is 5.44. The van der Waals surface area contributed by atoms with Crippen LogP contribution in [0.5, 0.6) is 0 Å². The molecule has 1 unspecified atom stereocenters. The molecular formula is C10H21N3O2. The van der Waals surface area contributed by atoms with Gasteiger partial charge in [-0.3, -0.25) is 0 Å². The molecule has 0 aliphatic carbocycles. The third kappa shape index (κ3) is 4.48. The van der Waals surface area contributed by atoms with Gasteiger partial charge in [0.2, 0.25) is 0 Å². The summed E-state index contributed by atoms with van der Waals surface area (Å²) in [5, 5.41) is 11.4. The molecule has 0 bridgehead atoms. The van der Waals surface area contributed by atoms with E-state index in [-0.39, 0.29) is 0 Å². The van der Waals surface area contributed by atoms with Crippen molar-refractivity contribution in [3.63, 3.8) is 0 Å². The Labute approximate surface area is 90.9 Å². The Morgan fingerprint density at radius 2 is 2.47 bits per heavy atom. The molecule has 0 aromatic rings. The molecule has 0 spiro atoms. The number of amidine groups is 1. The van der Waals surface area contributed by atoms with Gasteiger partial charge >= 0.3 is 0 Å². The molecule has 0 amide bonds. The van der Waals surface area contributed by atoms with E-state index in [2.05, 4.69) is 10.1 Å². The third-order valence-corrected chi connectivity index (χ3v) is 2.82. The van der Waals surface area contributed by atoms with Gasteiger partial charge in [0.05, 0.1) is 6.61 Å². The second-order valence-electron chi connectivity index (χ2n) is 4.11. The van der Waals surface area contributed by atoms with E-state index in [1.54, 1.807) is 7.11 Å². The molecule has 0 saturated carbocycles. The van der Waals surface area contributed by atoms with Gasteiger partial charge < -0.3 is 20.6 Å². The number of nitrogens with two attached hydrogens (primary N) is 1. The summed E-state index contributed by atoms with van der Waals surface area (Å²) < 4.78 is 5.16. The van der Waals surface area contributed by atoms with E-state index in [9.17, 15) is 0 Å². The fourth-order valence-electron chi connectivity index (χ4n) is 2.05. The number of methoxy groups -OCH3 is 1. The van der Waals surface area contributed by atoms with Gasteiger partial charge in [0, 0.05) is 26.6 Å². The number of piperidine rings is 1. The van der Waals surface area contributed by atoms with Crippen LogP contribution in [0.4, 0.5) is 0 Å². The van der Waals surface area contributed by atoms with Crippen LogP contribution < -0.4 is 5.73 Å². The zero-order valence-electron chi connectivity index (χ0n) is 9.35. The van der Waals surface area contributed by atoms with Crippen molar-refractivity contribution in [2.24, 2.45) is 16.8 Å². The van der Waals surface area contributed by atoms with Gasteiger partial charge in [-0.05, 0) is 25.3 Å². The van der Waals surface area contributed by atoms with Crippen LogP contribution >= 0.6 is 0 Å². The Morgan fingerprint density at radius 3 is 3.13 bits per heavy atom. The van der Waals surface area contributed by atoms with Gasteiger partial charge in [0.1, 0.15) is 5.84 Å². The summed E-state index contributed by atoms with van der Waals surface area (Å²) in [5.41, 5.74) is 5.43. The molecule has 15 heavy (non-hydrogen) atoms. The topological polar surface area (TPSA) is 71.1 Å². The Hall–Kier alpha value is -0.810. The lowest BCUT2D eigenvalue weighted by Gasteiger charge is -2.32. The van der Waals surface area contributed by atoms with Crippen LogP contribution in [0.2, 0.25) is 0 Å². The molecule has 1 saturated heterocycles. The molecule has 5 heteroatoms. The molecule has 0 aromatic heterocycles. The minimum atomic E-state index is 0.309. The van der Waals surface area contributed by atoms with Gasteiger partial charge in [-0.15, -0.1) is 0 Å². The molecule has 1 fully saturated rings. The molecule has 1 aliphatic rings. The maximum atomic E-state index is 8.42. The number of ether oxygens (including phenoxy) is 1. The zero-order chi connectivity index (χ0) is 11.1. The third-order valence-electron chi connectivity index (χ3n) is 2.82. The highest BCUT2D eigenvalue weighted by Crippen LogP contribution is 2.16. The Bertz CT molecular complexity index is 207. The van der Waals surface area contributed by atoms with Crippen LogP contribution in [0.3, 0.4) is 0 Å². The molecule has 1 atom stereocenters. The number of nitrogens with zero attached hydrogens (tertiary/aromatic N) is 2. The van der Waals surface area contributed by atoms with E-state index in [0.29, 0.717) is 18.2 Å². The summed E-state index contributed by atoms with van der Waals surface area (Å²) in [6.45, 7) is 3.88. The van der Waals surface area contributed by atoms with Crippen molar-refractivity contribution in [2.45, 2.75) is 19.3 Å². The molecule has 1 heterocycles. The second kappa shape index (κ2) is 6.63. The van der Waals surface area contributed by atoms with Gasteiger partial charge in [-0.1, -0.05) is 5.16 Å². The quantitative estimate of drug-likeness (QED) is 0.303. The summed E-state index contributed by atoms with van der Waals surface area (Å²) in [4.78, 5) is 2.35. The average Bonchev–Trinajstić information content (AvgIpc) is 2.27. The summed E-state index contributed by atoms with van der Waals surface area (Å²) in [7, 11) is 1.75. The number of oxime groups is 1. The van der Waals surface area contributed by atoms with E-state index in [1.165, 1.54) is 12.8 Å². The predicted octanol–water partition coefficient (Wildman–Crippen LogP) is 0.481. The average molecular weight is 215 g/mol.